The number of carbonyl (C=O) groups is 1. The summed E-state index contributed by atoms with van der Waals surface area (Å²) in [6, 6.07) is 0. The minimum Gasteiger partial charge on any atom is -0.414 e. The highest BCUT2D eigenvalue weighted by molar-refractivity contribution is 6.74. The number of aromatic amines is 1. The summed E-state index contributed by atoms with van der Waals surface area (Å²) in [6.45, 7) is 14.7. The first kappa shape index (κ1) is 23.6. The zero-order valence-corrected chi connectivity index (χ0v) is 20.2. The number of nitrogens with one attached hydrogen (secondary N) is 2. The van der Waals surface area contributed by atoms with Gasteiger partial charge in [0.25, 0.3) is 5.56 Å². The number of nitrogens with zero attached hydrogens (tertiary/aromatic N) is 3. The average molecular weight is 452 g/mol. The van der Waals surface area contributed by atoms with E-state index in [-0.39, 0.29) is 40.1 Å². The summed E-state index contributed by atoms with van der Waals surface area (Å²) in [5.74, 6) is -0.510. The van der Waals surface area contributed by atoms with Crippen LogP contribution in [0.25, 0.3) is 11.2 Å². The third-order valence-corrected chi connectivity index (χ3v) is 10.6. The number of hydrogen-bond donors (Lipinski definition) is 3. The number of rotatable bonds is 6. The number of amides is 1. The van der Waals surface area contributed by atoms with Crippen LogP contribution in [0.5, 0.6) is 0 Å². The van der Waals surface area contributed by atoms with Crippen molar-refractivity contribution in [2.24, 2.45) is 5.92 Å². The Morgan fingerprint density at radius 2 is 2.13 bits per heavy atom. The fraction of sp³-hybridized carbons (Fsp3) is 0.700. The van der Waals surface area contributed by atoms with Gasteiger partial charge in [-0.1, -0.05) is 34.6 Å². The zero-order valence-electron chi connectivity index (χ0n) is 19.2. The second-order valence-corrected chi connectivity index (χ2v) is 14.7. The first-order valence-electron chi connectivity index (χ1n) is 10.6. The first-order valence-corrected chi connectivity index (χ1v) is 13.5. The number of aliphatic hydroxyl groups excluding tert-OH is 1. The van der Waals surface area contributed by atoms with Gasteiger partial charge < -0.3 is 14.3 Å². The summed E-state index contributed by atoms with van der Waals surface area (Å²) in [7, 11) is -1.95. The predicted octanol–water partition coefficient (Wildman–Crippen LogP) is 2.38. The molecule has 1 amide bonds. The van der Waals surface area contributed by atoms with Crippen molar-refractivity contribution in [2.45, 2.75) is 77.6 Å². The van der Waals surface area contributed by atoms with E-state index in [2.05, 4.69) is 54.1 Å². The van der Waals surface area contributed by atoms with Crippen LogP contribution in [-0.4, -0.2) is 57.7 Å². The fourth-order valence-electron chi connectivity index (χ4n) is 3.04. The Kier molecular flexibility index (Phi) is 6.43. The molecular weight excluding hydrogens is 418 g/mol. The quantitative estimate of drug-likeness (QED) is 0.575. The molecule has 31 heavy (non-hydrogen) atoms. The van der Waals surface area contributed by atoms with Crippen LogP contribution in [0.3, 0.4) is 0 Å². The lowest BCUT2D eigenvalue weighted by molar-refractivity contribution is -0.118. The van der Waals surface area contributed by atoms with E-state index in [9.17, 15) is 14.7 Å². The Morgan fingerprint density at radius 1 is 1.45 bits per heavy atom. The number of imidazole rings is 1. The molecule has 3 rings (SSSR count). The van der Waals surface area contributed by atoms with Gasteiger partial charge in [0, 0.05) is 12.3 Å². The summed E-state index contributed by atoms with van der Waals surface area (Å²) in [6.07, 6.45) is -0.0137. The molecule has 3 N–H and O–H groups in total. The average Bonchev–Trinajstić information content (AvgIpc) is 3.22. The van der Waals surface area contributed by atoms with Gasteiger partial charge in [-0.3, -0.25) is 24.5 Å². The smallest absolute Gasteiger partial charge is 0.280 e. The van der Waals surface area contributed by atoms with Gasteiger partial charge in [0.1, 0.15) is 6.10 Å². The van der Waals surface area contributed by atoms with Crippen LogP contribution >= 0.6 is 0 Å². The van der Waals surface area contributed by atoms with E-state index in [1.165, 1.54) is 10.9 Å². The summed E-state index contributed by atoms with van der Waals surface area (Å²) < 4.78 is 13.8. The Labute approximate surface area is 182 Å². The minimum atomic E-state index is -1.95. The van der Waals surface area contributed by atoms with Crippen molar-refractivity contribution < 1.29 is 19.1 Å². The van der Waals surface area contributed by atoms with Gasteiger partial charge in [0.2, 0.25) is 11.9 Å². The molecule has 3 heterocycles. The summed E-state index contributed by atoms with van der Waals surface area (Å²) >= 11 is 0. The zero-order chi connectivity index (χ0) is 23.1. The number of aromatic nitrogens is 4. The molecule has 0 radical (unpaired) electrons. The van der Waals surface area contributed by atoms with Gasteiger partial charge in [0.15, 0.2) is 25.7 Å². The van der Waals surface area contributed by atoms with E-state index in [4.69, 9.17) is 9.16 Å². The van der Waals surface area contributed by atoms with Gasteiger partial charge in [-0.2, -0.15) is 4.98 Å². The number of hydrogen-bond acceptors (Lipinski definition) is 7. The van der Waals surface area contributed by atoms with Crippen LogP contribution in [0.15, 0.2) is 11.1 Å². The van der Waals surface area contributed by atoms with Crippen molar-refractivity contribution in [1.29, 1.82) is 0 Å². The Balaban J connectivity index is 1.81. The molecule has 2 aromatic rings. The van der Waals surface area contributed by atoms with E-state index in [0.717, 1.165) is 0 Å². The van der Waals surface area contributed by atoms with Crippen LogP contribution in [0.2, 0.25) is 18.1 Å². The molecule has 0 unspecified atom stereocenters. The molecule has 172 valence electrons. The Morgan fingerprint density at radius 3 is 2.74 bits per heavy atom. The van der Waals surface area contributed by atoms with Gasteiger partial charge in [-0.25, -0.2) is 4.98 Å². The SMILES string of the molecule is CC(C)C(=O)Nc1nc2c(ncn2[C@@H]2O[C@H](CO[Si](C)(C)C(C)(C)C)C[C@@H]2O)c(=O)[nH]1. The monoisotopic (exact) mass is 451 g/mol. The molecule has 0 spiro atoms. The first-order chi connectivity index (χ1) is 14.3. The van der Waals surface area contributed by atoms with Crippen molar-refractivity contribution in [3.63, 3.8) is 0 Å². The maximum absolute atomic E-state index is 12.4. The lowest BCUT2D eigenvalue weighted by atomic mass is 10.2. The molecule has 1 saturated heterocycles. The maximum Gasteiger partial charge on any atom is 0.280 e. The fourth-order valence-corrected chi connectivity index (χ4v) is 4.07. The normalized spacial score (nSPS) is 22.4. The van der Waals surface area contributed by atoms with Crippen molar-refractivity contribution in [2.75, 3.05) is 11.9 Å². The molecule has 1 fully saturated rings. The lowest BCUT2D eigenvalue weighted by Crippen LogP contribution is -2.42. The van der Waals surface area contributed by atoms with Gasteiger partial charge in [0.05, 0.1) is 19.0 Å². The minimum absolute atomic E-state index is 0.0308. The standard InChI is InChI=1S/C20H33N5O5Si/c1-11(2)16(27)23-19-22-15-14(17(28)24-19)21-10-25(15)18-13(26)8-12(30-18)9-29-31(6,7)20(3,4)5/h10-13,18,26H,8-9H2,1-7H3,(H2,22,23,24,27,28)/t12-,13-,18+/m0/s1. The highest BCUT2D eigenvalue weighted by Crippen LogP contribution is 2.38. The topological polar surface area (TPSA) is 131 Å². The van der Waals surface area contributed by atoms with Crippen molar-refractivity contribution in [1.82, 2.24) is 19.5 Å². The third kappa shape index (κ3) is 4.89. The molecule has 11 heteroatoms. The summed E-state index contributed by atoms with van der Waals surface area (Å²) in [5.41, 5.74) is -0.134. The molecule has 0 saturated carbocycles. The molecule has 0 aliphatic carbocycles. The Bertz CT molecular complexity index is 1010. The number of anilines is 1. The van der Waals surface area contributed by atoms with Crippen molar-refractivity contribution in [3.05, 3.63) is 16.7 Å². The summed E-state index contributed by atoms with van der Waals surface area (Å²) in [4.78, 5) is 35.4. The largest absolute Gasteiger partial charge is 0.414 e. The van der Waals surface area contributed by atoms with Crippen LogP contribution in [0, 0.1) is 5.92 Å². The van der Waals surface area contributed by atoms with E-state index >= 15 is 0 Å². The molecule has 2 aromatic heterocycles. The molecule has 0 aromatic carbocycles. The second kappa shape index (κ2) is 8.45. The highest BCUT2D eigenvalue weighted by atomic mass is 28.4. The molecule has 10 nitrogen and oxygen atoms in total. The molecular formula is C20H33N5O5Si. The van der Waals surface area contributed by atoms with Gasteiger partial charge >= 0.3 is 0 Å². The van der Waals surface area contributed by atoms with Gasteiger partial charge in [-0.05, 0) is 18.1 Å². The van der Waals surface area contributed by atoms with E-state index in [1.807, 2.05) is 0 Å². The highest BCUT2D eigenvalue weighted by Gasteiger charge is 2.41. The van der Waals surface area contributed by atoms with Crippen molar-refractivity contribution in [3.8, 4) is 0 Å². The second-order valence-electron chi connectivity index (χ2n) is 9.91. The lowest BCUT2D eigenvalue weighted by Gasteiger charge is -2.36. The third-order valence-electron chi connectivity index (χ3n) is 6.07. The number of fused-ring (bicyclic) bond motifs is 1. The number of H-pyrrole nitrogens is 1. The molecule has 0 bridgehead atoms. The number of carbonyl (C=O) groups excluding carboxylic acids is 1. The van der Waals surface area contributed by atoms with Crippen LogP contribution in [-0.2, 0) is 14.0 Å². The van der Waals surface area contributed by atoms with Crippen LogP contribution in [0.4, 0.5) is 5.95 Å². The van der Waals surface area contributed by atoms with E-state index in [1.54, 1.807) is 13.8 Å². The Hall–Kier alpha value is -2.08. The van der Waals surface area contributed by atoms with Crippen LogP contribution < -0.4 is 10.9 Å². The number of aliphatic hydroxyl groups is 1. The predicted molar refractivity (Wildman–Crippen MR) is 119 cm³/mol. The molecule has 1 aliphatic heterocycles. The summed E-state index contributed by atoms with van der Waals surface area (Å²) in [5, 5.41) is 13.3. The van der Waals surface area contributed by atoms with Crippen LogP contribution in [0.1, 0.15) is 47.3 Å². The van der Waals surface area contributed by atoms with Gasteiger partial charge in [-0.15, -0.1) is 0 Å². The van der Waals surface area contributed by atoms with Crippen molar-refractivity contribution >= 4 is 31.3 Å². The number of ether oxygens (including phenoxy) is 1. The molecule has 3 atom stereocenters. The molecule has 1 aliphatic rings. The maximum atomic E-state index is 12.4. The van der Waals surface area contributed by atoms with E-state index in [0.29, 0.717) is 13.0 Å². The van der Waals surface area contributed by atoms with E-state index < -0.39 is 26.2 Å².